The number of amides is 1. The van der Waals surface area contributed by atoms with E-state index in [-0.39, 0.29) is 16.6 Å². The fraction of sp³-hybridized carbons (Fsp3) is 0.429. The van der Waals surface area contributed by atoms with Crippen LogP contribution in [0.25, 0.3) is 0 Å². The van der Waals surface area contributed by atoms with Crippen LogP contribution in [-0.2, 0) is 10.0 Å². The van der Waals surface area contributed by atoms with Crippen LogP contribution in [0.15, 0.2) is 47.5 Å². The summed E-state index contributed by atoms with van der Waals surface area (Å²) in [6.07, 6.45) is 3.45. The fourth-order valence-corrected chi connectivity index (χ4v) is 5.64. The van der Waals surface area contributed by atoms with Crippen molar-refractivity contribution in [1.29, 1.82) is 0 Å². The van der Waals surface area contributed by atoms with Gasteiger partial charge in [0.1, 0.15) is 16.5 Å². The maximum Gasteiger partial charge on any atom is 0.254 e. The van der Waals surface area contributed by atoms with Crippen LogP contribution in [-0.4, -0.2) is 74.9 Å². The van der Waals surface area contributed by atoms with Crippen LogP contribution in [0, 0.1) is 0 Å². The minimum absolute atomic E-state index is 0.0601. The van der Waals surface area contributed by atoms with Gasteiger partial charge in [-0.3, -0.25) is 4.79 Å². The van der Waals surface area contributed by atoms with E-state index in [1.165, 1.54) is 17.5 Å². The van der Waals surface area contributed by atoms with E-state index in [2.05, 4.69) is 9.88 Å². The van der Waals surface area contributed by atoms with E-state index in [0.29, 0.717) is 44.8 Å². The van der Waals surface area contributed by atoms with Crippen LogP contribution in [0.5, 0.6) is 5.75 Å². The molecule has 0 spiro atoms. The van der Waals surface area contributed by atoms with Crippen LogP contribution < -0.4 is 9.64 Å². The molecule has 0 atom stereocenters. The number of pyridine rings is 1. The summed E-state index contributed by atoms with van der Waals surface area (Å²) in [5.74, 6) is 0.989. The van der Waals surface area contributed by atoms with E-state index in [0.717, 1.165) is 18.7 Å². The first-order valence-corrected chi connectivity index (χ1v) is 11.6. The summed E-state index contributed by atoms with van der Waals surface area (Å²) in [7, 11) is -2.25. The quantitative estimate of drug-likeness (QED) is 0.720. The van der Waals surface area contributed by atoms with Crippen molar-refractivity contribution >= 4 is 21.7 Å². The van der Waals surface area contributed by atoms with Crippen molar-refractivity contribution in [3.05, 3.63) is 48.2 Å². The van der Waals surface area contributed by atoms with Gasteiger partial charge in [0.2, 0.25) is 10.0 Å². The Balaban J connectivity index is 1.52. The van der Waals surface area contributed by atoms with E-state index in [1.807, 2.05) is 18.2 Å². The minimum atomic E-state index is -3.69. The molecule has 4 rings (SSSR count). The largest absolute Gasteiger partial charge is 0.495 e. The van der Waals surface area contributed by atoms with E-state index in [1.54, 1.807) is 23.2 Å². The van der Waals surface area contributed by atoms with Gasteiger partial charge in [0.25, 0.3) is 5.91 Å². The van der Waals surface area contributed by atoms with Gasteiger partial charge in [0.15, 0.2) is 0 Å². The molecule has 1 aromatic carbocycles. The Hall–Kier alpha value is -2.65. The van der Waals surface area contributed by atoms with E-state index in [4.69, 9.17) is 4.74 Å². The highest BCUT2D eigenvalue weighted by atomic mass is 32.2. The van der Waals surface area contributed by atoms with Gasteiger partial charge in [-0.1, -0.05) is 6.07 Å². The lowest BCUT2D eigenvalue weighted by Crippen LogP contribution is -2.49. The standard InChI is InChI=1S/C21H26N4O4S/c1-29-18-8-7-17(16-19(18)30(27,28)25-10-4-5-11-25)21(26)24-14-12-23(13-15-24)20-6-2-3-9-22-20/h2-3,6-9,16H,4-5,10-15H2,1H3. The number of benzene rings is 1. The molecule has 0 unspecified atom stereocenters. The molecular weight excluding hydrogens is 404 g/mol. The second-order valence-corrected chi connectivity index (χ2v) is 9.35. The van der Waals surface area contributed by atoms with Crippen molar-refractivity contribution in [3.63, 3.8) is 0 Å². The molecule has 0 saturated carbocycles. The summed E-state index contributed by atoms with van der Waals surface area (Å²) in [5.41, 5.74) is 0.361. The second-order valence-electron chi connectivity index (χ2n) is 7.44. The van der Waals surface area contributed by atoms with Gasteiger partial charge in [-0.05, 0) is 43.2 Å². The number of anilines is 1. The Morgan fingerprint density at radius 1 is 1.00 bits per heavy atom. The second kappa shape index (κ2) is 8.61. The van der Waals surface area contributed by atoms with Crippen molar-refractivity contribution in [1.82, 2.24) is 14.2 Å². The summed E-state index contributed by atoms with van der Waals surface area (Å²) in [6.45, 7) is 3.46. The molecule has 8 nitrogen and oxygen atoms in total. The SMILES string of the molecule is COc1ccc(C(=O)N2CCN(c3ccccn3)CC2)cc1S(=O)(=O)N1CCCC1. The average molecular weight is 431 g/mol. The summed E-state index contributed by atoms with van der Waals surface area (Å²) in [4.78, 5) is 21.4. The summed E-state index contributed by atoms with van der Waals surface area (Å²) in [5, 5.41) is 0. The Morgan fingerprint density at radius 2 is 1.73 bits per heavy atom. The first kappa shape index (κ1) is 20.6. The van der Waals surface area contributed by atoms with Gasteiger partial charge in [-0.25, -0.2) is 13.4 Å². The van der Waals surface area contributed by atoms with Crippen LogP contribution >= 0.6 is 0 Å². The number of piperazine rings is 1. The topological polar surface area (TPSA) is 83.0 Å². The number of sulfonamides is 1. The lowest BCUT2D eigenvalue weighted by molar-refractivity contribution is 0.0746. The maximum absolute atomic E-state index is 13.1. The molecule has 30 heavy (non-hydrogen) atoms. The minimum Gasteiger partial charge on any atom is -0.495 e. The third kappa shape index (κ3) is 3.99. The van der Waals surface area contributed by atoms with Crippen molar-refractivity contribution in [3.8, 4) is 5.75 Å². The molecule has 0 bridgehead atoms. The normalized spacial score (nSPS) is 17.9. The maximum atomic E-state index is 13.1. The number of nitrogens with zero attached hydrogens (tertiary/aromatic N) is 4. The number of rotatable bonds is 5. The molecule has 2 aliphatic heterocycles. The van der Waals surface area contributed by atoms with Crippen LogP contribution in [0.3, 0.4) is 0 Å². The molecule has 160 valence electrons. The summed E-state index contributed by atoms with van der Waals surface area (Å²) >= 11 is 0. The first-order valence-electron chi connectivity index (χ1n) is 10.1. The average Bonchev–Trinajstić information content (AvgIpc) is 3.35. The molecule has 0 aliphatic carbocycles. The lowest BCUT2D eigenvalue weighted by atomic mass is 10.1. The number of methoxy groups -OCH3 is 1. The zero-order chi connectivity index (χ0) is 21.1. The molecule has 2 aliphatic rings. The van der Waals surface area contributed by atoms with Crippen LogP contribution in [0.2, 0.25) is 0 Å². The third-order valence-corrected chi connectivity index (χ3v) is 7.55. The number of ether oxygens (including phenoxy) is 1. The third-order valence-electron chi connectivity index (χ3n) is 5.63. The van der Waals surface area contributed by atoms with Crippen molar-refractivity contribution < 1.29 is 17.9 Å². The smallest absolute Gasteiger partial charge is 0.254 e. The molecule has 0 radical (unpaired) electrons. The van der Waals surface area contributed by atoms with E-state index < -0.39 is 10.0 Å². The van der Waals surface area contributed by atoms with Crippen LogP contribution in [0.4, 0.5) is 5.82 Å². The van der Waals surface area contributed by atoms with Gasteiger partial charge < -0.3 is 14.5 Å². The van der Waals surface area contributed by atoms with Crippen molar-refractivity contribution in [2.24, 2.45) is 0 Å². The number of hydrogen-bond acceptors (Lipinski definition) is 6. The molecule has 1 amide bonds. The zero-order valence-corrected chi connectivity index (χ0v) is 17.8. The Kier molecular flexibility index (Phi) is 5.92. The number of carbonyl (C=O) groups excluding carboxylic acids is 1. The number of hydrogen-bond donors (Lipinski definition) is 0. The Morgan fingerprint density at radius 3 is 2.37 bits per heavy atom. The molecule has 9 heteroatoms. The Bertz CT molecular complexity index is 999. The predicted octanol–water partition coefficient (Wildman–Crippen LogP) is 1.84. The summed E-state index contributed by atoms with van der Waals surface area (Å²) < 4.78 is 32.9. The van der Waals surface area contributed by atoms with Gasteiger partial charge >= 0.3 is 0 Å². The zero-order valence-electron chi connectivity index (χ0n) is 17.0. The Labute approximate surface area is 177 Å². The molecule has 3 heterocycles. The van der Waals surface area contributed by atoms with Gasteiger partial charge in [0.05, 0.1) is 7.11 Å². The molecule has 0 N–H and O–H groups in total. The molecule has 2 fully saturated rings. The van der Waals surface area contributed by atoms with Gasteiger partial charge in [-0.2, -0.15) is 4.31 Å². The molecular formula is C21H26N4O4S. The molecule has 1 aromatic heterocycles. The van der Waals surface area contributed by atoms with Gasteiger partial charge in [0, 0.05) is 51.0 Å². The van der Waals surface area contributed by atoms with E-state index in [9.17, 15) is 13.2 Å². The molecule has 2 aromatic rings. The highest BCUT2D eigenvalue weighted by Crippen LogP contribution is 2.30. The van der Waals surface area contributed by atoms with E-state index >= 15 is 0 Å². The van der Waals surface area contributed by atoms with Crippen molar-refractivity contribution in [2.75, 3.05) is 51.3 Å². The fourth-order valence-electron chi connectivity index (χ4n) is 3.94. The van der Waals surface area contributed by atoms with Crippen molar-refractivity contribution in [2.45, 2.75) is 17.7 Å². The van der Waals surface area contributed by atoms with Crippen LogP contribution in [0.1, 0.15) is 23.2 Å². The number of aromatic nitrogens is 1. The first-order chi connectivity index (χ1) is 14.5. The van der Waals surface area contributed by atoms with Gasteiger partial charge in [-0.15, -0.1) is 0 Å². The monoisotopic (exact) mass is 430 g/mol. The summed E-state index contributed by atoms with van der Waals surface area (Å²) in [6, 6.07) is 10.4. The predicted molar refractivity (Wildman–Crippen MR) is 113 cm³/mol. The lowest BCUT2D eigenvalue weighted by Gasteiger charge is -2.35. The number of carbonyl (C=O) groups is 1. The highest BCUT2D eigenvalue weighted by Gasteiger charge is 2.31. The highest BCUT2D eigenvalue weighted by molar-refractivity contribution is 7.89. The molecule has 2 saturated heterocycles.